The molecule has 0 aliphatic heterocycles. The van der Waals surface area contributed by atoms with Crippen molar-refractivity contribution in [2.75, 3.05) is 6.54 Å². The van der Waals surface area contributed by atoms with E-state index < -0.39 is 42.4 Å². The molecule has 1 amide bonds. The van der Waals surface area contributed by atoms with Crippen molar-refractivity contribution in [3.05, 3.63) is 35.9 Å². The lowest BCUT2D eigenvalue weighted by atomic mass is 9.76. The predicted octanol–water partition coefficient (Wildman–Crippen LogP) is 3.20. The zero-order chi connectivity index (χ0) is 17.6. The van der Waals surface area contributed by atoms with E-state index in [4.69, 9.17) is 0 Å². The molecule has 0 bridgehead atoms. The van der Waals surface area contributed by atoms with Gasteiger partial charge in [0.1, 0.15) is 6.54 Å². The minimum Gasteiger partial charge on any atom is -0.481 e. The van der Waals surface area contributed by atoms with Crippen LogP contribution in [0.25, 0.3) is 0 Å². The number of carbonyl (C=O) groups excluding carboxylic acids is 1. The highest BCUT2D eigenvalue weighted by atomic mass is 19.4. The van der Waals surface area contributed by atoms with Crippen LogP contribution in [0, 0.1) is 11.8 Å². The fourth-order valence-electron chi connectivity index (χ4n) is 2.61. The van der Waals surface area contributed by atoms with E-state index in [0.29, 0.717) is 6.42 Å². The molecule has 0 aromatic heterocycles. The number of benzene rings is 1. The summed E-state index contributed by atoms with van der Waals surface area (Å²) in [5.41, 5.74) is 0.732. The fourth-order valence-corrected chi connectivity index (χ4v) is 2.61. The topological polar surface area (TPSA) is 66.4 Å². The van der Waals surface area contributed by atoms with E-state index >= 15 is 0 Å². The zero-order valence-corrected chi connectivity index (χ0v) is 12.9. The van der Waals surface area contributed by atoms with Crippen LogP contribution in [0.5, 0.6) is 0 Å². The Hall–Kier alpha value is -2.05. The molecule has 0 saturated heterocycles. The minimum absolute atomic E-state index is 0.436. The largest absolute Gasteiger partial charge is 0.481 e. The Bertz CT molecular complexity index is 531. The fraction of sp³-hybridized carbons (Fsp3) is 0.500. The summed E-state index contributed by atoms with van der Waals surface area (Å²) in [5, 5.41) is 11.0. The molecule has 0 radical (unpaired) electrons. The Morgan fingerprint density at radius 1 is 1.22 bits per heavy atom. The molecule has 0 heterocycles. The molecular formula is C16H20F3NO3. The van der Waals surface area contributed by atoms with Crippen molar-refractivity contribution >= 4 is 11.9 Å². The van der Waals surface area contributed by atoms with Gasteiger partial charge in [-0.3, -0.25) is 9.59 Å². The number of aliphatic carboxylic acids is 1. The third-order valence-electron chi connectivity index (χ3n) is 3.80. The highest BCUT2D eigenvalue weighted by Gasteiger charge is 2.38. The molecule has 4 nitrogen and oxygen atoms in total. The molecule has 1 rings (SSSR count). The maximum atomic E-state index is 12.3. The van der Waals surface area contributed by atoms with Crippen molar-refractivity contribution in [2.24, 2.45) is 11.8 Å². The van der Waals surface area contributed by atoms with Gasteiger partial charge in [-0.2, -0.15) is 13.2 Å². The van der Waals surface area contributed by atoms with Gasteiger partial charge in [0.05, 0.1) is 11.8 Å². The van der Waals surface area contributed by atoms with E-state index in [-0.39, 0.29) is 0 Å². The molecule has 1 aromatic rings. The number of carboxylic acids is 1. The molecule has 0 aliphatic carbocycles. The highest BCUT2D eigenvalue weighted by molar-refractivity contribution is 5.85. The summed E-state index contributed by atoms with van der Waals surface area (Å²) in [6, 6.07) is 8.75. The van der Waals surface area contributed by atoms with Crippen LogP contribution in [0.4, 0.5) is 13.2 Å². The summed E-state index contributed by atoms with van der Waals surface area (Å²) >= 11 is 0. The van der Waals surface area contributed by atoms with Crippen molar-refractivity contribution < 1.29 is 27.9 Å². The van der Waals surface area contributed by atoms with E-state index in [1.54, 1.807) is 37.3 Å². The van der Waals surface area contributed by atoms with Crippen molar-refractivity contribution in [2.45, 2.75) is 32.4 Å². The van der Waals surface area contributed by atoms with Gasteiger partial charge in [-0.1, -0.05) is 44.2 Å². The lowest BCUT2D eigenvalue weighted by molar-refractivity contribution is -0.150. The SMILES string of the molecule is CCC(c1ccccc1)C(C(=O)NCC(F)(F)F)C(C)C(=O)O. The second-order valence-electron chi connectivity index (χ2n) is 5.41. The van der Waals surface area contributed by atoms with Gasteiger partial charge in [0.25, 0.3) is 0 Å². The lowest BCUT2D eigenvalue weighted by Gasteiger charge is -2.29. The summed E-state index contributed by atoms with van der Waals surface area (Å²) in [6.07, 6.45) is -4.10. The van der Waals surface area contributed by atoms with Crippen LogP contribution in [-0.2, 0) is 9.59 Å². The first-order valence-electron chi connectivity index (χ1n) is 7.29. The molecule has 128 valence electrons. The van der Waals surface area contributed by atoms with Crippen LogP contribution in [0.2, 0.25) is 0 Å². The summed E-state index contributed by atoms with van der Waals surface area (Å²) in [7, 11) is 0. The second kappa shape index (κ2) is 7.99. The number of hydrogen-bond acceptors (Lipinski definition) is 2. The molecule has 3 unspecified atom stereocenters. The van der Waals surface area contributed by atoms with E-state index in [1.807, 2.05) is 5.32 Å². The first kappa shape index (κ1) is 19.0. The van der Waals surface area contributed by atoms with Gasteiger partial charge < -0.3 is 10.4 Å². The van der Waals surface area contributed by atoms with E-state index in [0.717, 1.165) is 5.56 Å². The van der Waals surface area contributed by atoms with Crippen LogP contribution in [-0.4, -0.2) is 29.7 Å². The van der Waals surface area contributed by atoms with Crippen LogP contribution in [0.15, 0.2) is 30.3 Å². The Labute approximate surface area is 132 Å². The molecule has 3 atom stereocenters. The summed E-state index contributed by atoms with van der Waals surface area (Å²) in [4.78, 5) is 23.5. The van der Waals surface area contributed by atoms with Gasteiger partial charge >= 0.3 is 12.1 Å². The molecule has 23 heavy (non-hydrogen) atoms. The number of alkyl halides is 3. The normalized spacial score (nSPS) is 15.5. The predicted molar refractivity (Wildman–Crippen MR) is 78.8 cm³/mol. The van der Waals surface area contributed by atoms with E-state index in [1.165, 1.54) is 6.92 Å². The molecule has 0 saturated carbocycles. The molecule has 0 aliphatic rings. The van der Waals surface area contributed by atoms with Gasteiger partial charge in [0, 0.05) is 0 Å². The van der Waals surface area contributed by atoms with Crippen molar-refractivity contribution in [1.29, 1.82) is 0 Å². The summed E-state index contributed by atoms with van der Waals surface area (Å²) in [5.74, 6) is -4.77. The van der Waals surface area contributed by atoms with Gasteiger partial charge in [-0.25, -0.2) is 0 Å². The van der Waals surface area contributed by atoms with Crippen LogP contribution < -0.4 is 5.32 Å². The molecule has 0 fully saturated rings. The molecular weight excluding hydrogens is 311 g/mol. The average molecular weight is 331 g/mol. The maximum absolute atomic E-state index is 12.3. The first-order valence-corrected chi connectivity index (χ1v) is 7.29. The number of halogens is 3. The number of nitrogens with one attached hydrogen (secondary N) is 1. The van der Waals surface area contributed by atoms with Crippen molar-refractivity contribution in [3.8, 4) is 0 Å². The molecule has 1 aromatic carbocycles. The number of carboxylic acid groups (broad SMARTS) is 1. The van der Waals surface area contributed by atoms with Gasteiger partial charge in [-0.05, 0) is 17.9 Å². The standard InChI is InChI=1S/C16H20F3NO3/c1-3-12(11-7-5-4-6-8-11)13(10(2)15(22)23)14(21)20-9-16(17,18)19/h4-8,10,12-13H,3,9H2,1-2H3,(H,20,21)(H,22,23). The Morgan fingerprint density at radius 3 is 2.22 bits per heavy atom. The Morgan fingerprint density at radius 2 is 1.78 bits per heavy atom. The zero-order valence-electron chi connectivity index (χ0n) is 12.9. The van der Waals surface area contributed by atoms with Gasteiger partial charge in [-0.15, -0.1) is 0 Å². The van der Waals surface area contributed by atoms with Crippen molar-refractivity contribution in [1.82, 2.24) is 5.32 Å². The number of rotatable bonds is 7. The quantitative estimate of drug-likeness (QED) is 0.806. The second-order valence-corrected chi connectivity index (χ2v) is 5.41. The van der Waals surface area contributed by atoms with Gasteiger partial charge in [0.15, 0.2) is 0 Å². The first-order chi connectivity index (χ1) is 10.7. The van der Waals surface area contributed by atoms with Gasteiger partial charge in [0.2, 0.25) is 5.91 Å². The van der Waals surface area contributed by atoms with Crippen LogP contribution in [0.1, 0.15) is 31.7 Å². The monoisotopic (exact) mass is 331 g/mol. The summed E-state index contributed by atoms with van der Waals surface area (Å²) < 4.78 is 36.9. The summed E-state index contributed by atoms with van der Waals surface area (Å²) in [6.45, 7) is 1.64. The number of carbonyl (C=O) groups is 2. The lowest BCUT2D eigenvalue weighted by Crippen LogP contribution is -2.43. The average Bonchev–Trinajstić information content (AvgIpc) is 2.49. The van der Waals surface area contributed by atoms with Crippen LogP contribution >= 0.6 is 0 Å². The highest BCUT2D eigenvalue weighted by Crippen LogP contribution is 2.33. The maximum Gasteiger partial charge on any atom is 0.405 e. The molecule has 0 spiro atoms. The Kier molecular flexibility index (Phi) is 6.60. The number of hydrogen-bond donors (Lipinski definition) is 2. The third-order valence-corrected chi connectivity index (χ3v) is 3.80. The van der Waals surface area contributed by atoms with Crippen LogP contribution in [0.3, 0.4) is 0 Å². The Balaban J connectivity index is 3.08. The third kappa shape index (κ3) is 5.58. The molecule has 2 N–H and O–H groups in total. The van der Waals surface area contributed by atoms with Crippen molar-refractivity contribution in [3.63, 3.8) is 0 Å². The smallest absolute Gasteiger partial charge is 0.405 e. The van der Waals surface area contributed by atoms with E-state index in [2.05, 4.69) is 0 Å². The molecule has 7 heteroatoms. The van der Waals surface area contributed by atoms with E-state index in [9.17, 15) is 27.9 Å². The number of amides is 1. The minimum atomic E-state index is -4.54.